The van der Waals surface area contributed by atoms with Gasteiger partial charge in [-0.1, -0.05) is 31.7 Å². The molecule has 2 saturated heterocycles. The predicted molar refractivity (Wildman–Crippen MR) is 159 cm³/mol. The van der Waals surface area contributed by atoms with Crippen molar-refractivity contribution in [3.63, 3.8) is 0 Å². The van der Waals surface area contributed by atoms with Crippen molar-refractivity contribution in [1.29, 1.82) is 5.26 Å². The van der Waals surface area contributed by atoms with Gasteiger partial charge in [-0.2, -0.15) is 15.2 Å². The fraction of sp³-hybridized carbons (Fsp3) is 0.469. The zero-order valence-corrected chi connectivity index (χ0v) is 24.2. The van der Waals surface area contributed by atoms with Crippen LogP contribution < -0.4 is 9.64 Å². The summed E-state index contributed by atoms with van der Waals surface area (Å²) in [6, 6.07) is 8.21. The van der Waals surface area contributed by atoms with Gasteiger partial charge >= 0.3 is 6.01 Å². The maximum absolute atomic E-state index is 16.5. The lowest BCUT2D eigenvalue weighted by molar-refractivity contribution is -0.128. The number of pyridine rings is 1. The average Bonchev–Trinajstić information content (AvgIpc) is 3.59. The van der Waals surface area contributed by atoms with E-state index in [1.54, 1.807) is 11.1 Å². The Labute approximate surface area is 245 Å². The lowest BCUT2D eigenvalue weighted by atomic mass is 9.99. The number of anilines is 1. The monoisotopic (exact) mass is 569 g/mol. The number of aromatic nitrogens is 3. The van der Waals surface area contributed by atoms with Crippen molar-refractivity contribution in [2.45, 2.75) is 51.1 Å². The van der Waals surface area contributed by atoms with Crippen LogP contribution in [0.3, 0.4) is 0 Å². The lowest BCUT2D eigenvalue weighted by Crippen LogP contribution is -2.55. The number of hydrogen-bond acceptors (Lipinski definition) is 8. The van der Waals surface area contributed by atoms with E-state index in [1.165, 1.54) is 11.6 Å². The summed E-state index contributed by atoms with van der Waals surface area (Å²) in [6.07, 6.45) is 7.06. The fourth-order valence-corrected chi connectivity index (χ4v) is 6.70. The SMILES string of the molecule is C=CC(=O)N1CCN(c2nc(OC[C@@H]3CCCN3C)nc3c(F)c(-c4cccc5c4CC(C)C5)ncc23)C[C@@H]1CC#N. The minimum Gasteiger partial charge on any atom is -0.462 e. The Balaban J connectivity index is 1.42. The number of benzene rings is 1. The number of likely N-dealkylation sites (tertiary alicyclic amines) is 1. The Hall–Kier alpha value is -4.10. The second-order valence-electron chi connectivity index (χ2n) is 11.8. The number of rotatable bonds is 7. The standard InChI is InChI=1S/C32H36FN7O2/c1-4-27(41)40-14-13-39(18-22(40)10-11-34)31-26-17-35-29(24-9-5-7-21-15-20(2)16-25(21)24)28(33)30(26)36-32(37-31)42-19-23-8-6-12-38(23)3/h4-5,7,9,17,20,22-23H,1,6,8,10,12-16,18-19H2,2-3H3/t20?,22-,23-/m0/s1. The number of fused-ring (bicyclic) bond motifs is 2. The number of carbonyl (C=O) groups excluding carboxylic acids is 1. The highest BCUT2D eigenvalue weighted by Gasteiger charge is 2.32. The molecule has 218 valence electrons. The molecule has 10 heteroatoms. The Bertz CT molecular complexity index is 1570. The summed E-state index contributed by atoms with van der Waals surface area (Å²) in [5.74, 6) is 0.281. The van der Waals surface area contributed by atoms with Crippen LogP contribution in [-0.4, -0.2) is 82.6 Å². The molecular weight excluding hydrogens is 533 g/mol. The van der Waals surface area contributed by atoms with Gasteiger partial charge in [-0.05, 0) is 62.4 Å². The van der Waals surface area contributed by atoms with Crippen molar-refractivity contribution in [1.82, 2.24) is 24.8 Å². The molecule has 0 radical (unpaired) electrons. The van der Waals surface area contributed by atoms with Gasteiger partial charge in [-0.3, -0.25) is 9.78 Å². The maximum Gasteiger partial charge on any atom is 0.319 e. The van der Waals surface area contributed by atoms with E-state index in [4.69, 9.17) is 9.72 Å². The zero-order valence-electron chi connectivity index (χ0n) is 24.2. The number of nitriles is 1. The number of ether oxygens (including phenoxy) is 1. The molecule has 2 aromatic heterocycles. The third-order valence-corrected chi connectivity index (χ3v) is 8.94. The Kier molecular flexibility index (Phi) is 7.78. The largest absolute Gasteiger partial charge is 0.462 e. The highest BCUT2D eigenvalue weighted by molar-refractivity contribution is 5.93. The van der Waals surface area contributed by atoms with Gasteiger partial charge in [0, 0.05) is 37.4 Å². The number of piperazine rings is 1. The van der Waals surface area contributed by atoms with E-state index in [0.29, 0.717) is 43.4 Å². The van der Waals surface area contributed by atoms with Crippen LogP contribution in [0.1, 0.15) is 37.3 Å². The van der Waals surface area contributed by atoms with Gasteiger partial charge in [-0.25, -0.2) is 4.39 Å². The molecular formula is C32H36FN7O2. The lowest BCUT2D eigenvalue weighted by Gasteiger charge is -2.41. The summed E-state index contributed by atoms with van der Waals surface area (Å²) >= 11 is 0. The van der Waals surface area contributed by atoms with Crippen LogP contribution in [0.2, 0.25) is 0 Å². The van der Waals surface area contributed by atoms with Gasteiger partial charge in [0.15, 0.2) is 5.82 Å². The van der Waals surface area contributed by atoms with Gasteiger partial charge in [0.25, 0.3) is 0 Å². The third-order valence-electron chi connectivity index (χ3n) is 8.94. The first-order valence-electron chi connectivity index (χ1n) is 14.7. The molecule has 1 aromatic carbocycles. The molecule has 0 bridgehead atoms. The van der Waals surface area contributed by atoms with Crippen molar-refractivity contribution >= 4 is 22.6 Å². The minimum absolute atomic E-state index is 0.113. The second-order valence-corrected chi connectivity index (χ2v) is 11.8. The number of likely N-dealkylation sites (N-methyl/N-ethyl adjacent to an activating group) is 1. The van der Waals surface area contributed by atoms with Crippen LogP contribution in [0, 0.1) is 23.1 Å². The van der Waals surface area contributed by atoms with E-state index >= 15 is 4.39 Å². The molecule has 42 heavy (non-hydrogen) atoms. The first-order valence-corrected chi connectivity index (χ1v) is 14.7. The highest BCUT2D eigenvalue weighted by Crippen LogP contribution is 2.38. The van der Waals surface area contributed by atoms with E-state index in [2.05, 4.69) is 47.6 Å². The molecule has 0 N–H and O–H groups in total. The molecule has 3 aromatic rings. The van der Waals surface area contributed by atoms with Gasteiger partial charge in [0.1, 0.15) is 23.6 Å². The molecule has 0 saturated carbocycles. The molecule has 0 spiro atoms. The second kappa shape index (κ2) is 11.6. The molecule has 1 amide bonds. The molecule has 2 fully saturated rings. The zero-order chi connectivity index (χ0) is 29.4. The van der Waals surface area contributed by atoms with Crippen LogP contribution in [0.25, 0.3) is 22.2 Å². The number of carbonyl (C=O) groups is 1. The third kappa shape index (κ3) is 5.18. The minimum atomic E-state index is -0.499. The van der Waals surface area contributed by atoms with Gasteiger partial charge in [0.2, 0.25) is 5.91 Å². The van der Waals surface area contributed by atoms with E-state index in [9.17, 15) is 10.1 Å². The predicted octanol–water partition coefficient (Wildman–Crippen LogP) is 4.16. The summed E-state index contributed by atoms with van der Waals surface area (Å²) in [7, 11) is 2.07. The molecule has 3 atom stereocenters. The van der Waals surface area contributed by atoms with Crippen LogP contribution in [-0.2, 0) is 17.6 Å². The van der Waals surface area contributed by atoms with E-state index in [0.717, 1.165) is 43.4 Å². The number of halogens is 1. The molecule has 9 nitrogen and oxygen atoms in total. The Morgan fingerprint density at radius 1 is 1.24 bits per heavy atom. The summed E-state index contributed by atoms with van der Waals surface area (Å²) in [5, 5.41) is 9.95. The number of nitrogens with zero attached hydrogens (tertiary/aromatic N) is 7. The Morgan fingerprint density at radius 2 is 2.10 bits per heavy atom. The first-order chi connectivity index (χ1) is 20.4. The molecule has 4 heterocycles. The normalized spacial score (nSPS) is 22.3. The van der Waals surface area contributed by atoms with Crippen molar-refractivity contribution in [3.05, 3.63) is 54.0 Å². The summed E-state index contributed by atoms with van der Waals surface area (Å²) < 4.78 is 22.7. The Morgan fingerprint density at radius 3 is 2.86 bits per heavy atom. The number of amides is 1. The first kappa shape index (κ1) is 28.0. The van der Waals surface area contributed by atoms with E-state index in [-0.39, 0.29) is 41.6 Å². The molecule has 2 aliphatic heterocycles. The van der Waals surface area contributed by atoms with Crippen molar-refractivity contribution in [3.8, 4) is 23.3 Å². The molecule has 6 rings (SSSR count). The van der Waals surface area contributed by atoms with Gasteiger partial charge in [0.05, 0.1) is 23.9 Å². The van der Waals surface area contributed by atoms with Gasteiger partial charge < -0.3 is 19.4 Å². The van der Waals surface area contributed by atoms with Crippen LogP contribution in [0.15, 0.2) is 37.1 Å². The summed E-state index contributed by atoms with van der Waals surface area (Å²) in [4.78, 5) is 32.4. The van der Waals surface area contributed by atoms with E-state index < -0.39 is 5.82 Å². The highest BCUT2D eigenvalue weighted by atomic mass is 19.1. The maximum atomic E-state index is 16.5. The van der Waals surface area contributed by atoms with Crippen molar-refractivity contribution < 1.29 is 13.9 Å². The molecule has 1 unspecified atom stereocenters. The molecule has 1 aliphatic carbocycles. The number of hydrogen-bond donors (Lipinski definition) is 0. The average molecular weight is 570 g/mol. The topological polar surface area (TPSA) is 98.5 Å². The quantitative estimate of drug-likeness (QED) is 0.392. The van der Waals surface area contributed by atoms with Gasteiger partial charge in [-0.15, -0.1) is 0 Å². The van der Waals surface area contributed by atoms with Crippen LogP contribution in [0.5, 0.6) is 6.01 Å². The van der Waals surface area contributed by atoms with E-state index in [1.807, 2.05) is 17.0 Å². The fourth-order valence-electron chi connectivity index (χ4n) is 6.70. The van der Waals surface area contributed by atoms with Crippen molar-refractivity contribution in [2.75, 3.05) is 44.7 Å². The van der Waals surface area contributed by atoms with Crippen LogP contribution in [0.4, 0.5) is 10.2 Å². The van der Waals surface area contributed by atoms with Crippen molar-refractivity contribution in [2.24, 2.45) is 5.92 Å². The molecule has 3 aliphatic rings. The van der Waals surface area contributed by atoms with Crippen LogP contribution >= 0.6 is 0 Å². The summed E-state index contributed by atoms with van der Waals surface area (Å²) in [5.41, 5.74) is 3.63. The summed E-state index contributed by atoms with van der Waals surface area (Å²) in [6.45, 7) is 8.43. The smallest absolute Gasteiger partial charge is 0.319 e.